The monoisotopic (exact) mass is 221 g/mol. The number of nitrogens with zero attached hydrogens (tertiary/aromatic N) is 1. The quantitative estimate of drug-likeness (QED) is 0.766. The molecule has 0 saturated carbocycles. The van der Waals surface area contributed by atoms with E-state index < -0.39 is 12.8 Å². The molecule has 0 fully saturated rings. The Kier molecular flexibility index (Phi) is 6.70. The van der Waals surface area contributed by atoms with Gasteiger partial charge in [0.05, 0.1) is 0 Å². The van der Waals surface area contributed by atoms with Gasteiger partial charge in [0.1, 0.15) is 6.61 Å². The first-order valence-electron chi connectivity index (χ1n) is 4.45. The highest BCUT2D eigenvalue weighted by atomic mass is 19.4. The summed E-state index contributed by atoms with van der Waals surface area (Å²) in [5.74, 6) is 0. The second kappa shape index (κ2) is 7.23. The van der Waals surface area contributed by atoms with Gasteiger partial charge < -0.3 is 4.74 Å². The topological polar surface area (TPSA) is 22.1 Å². The Hall–Kier alpha value is -1.10. The van der Waals surface area contributed by atoms with Crippen molar-refractivity contribution in [1.82, 2.24) is 4.98 Å². The van der Waals surface area contributed by atoms with Crippen LogP contribution >= 0.6 is 0 Å². The summed E-state index contributed by atoms with van der Waals surface area (Å²) in [7, 11) is 1.01. The minimum atomic E-state index is -4.17. The van der Waals surface area contributed by atoms with Crippen molar-refractivity contribution in [1.29, 1.82) is 0 Å². The van der Waals surface area contributed by atoms with Crippen LogP contribution in [0.25, 0.3) is 0 Å². The SMILES string of the molecule is CCc1ccccn1.COCC(F)(F)F. The van der Waals surface area contributed by atoms with Crippen LogP contribution in [0, 0.1) is 0 Å². The molecule has 0 saturated heterocycles. The van der Waals surface area contributed by atoms with Crippen LogP contribution in [0.5, 0.6) is 0 Å². The predicted molar refractivity (Wildman–Crippen MR) is 51.5 cm³/mol. The Morgan fingerprint density at radius 2 is 2.00 bits per heavy atom. The van der Waals surface area contributed by atoms with E-state index in [2.05, 4.69) is 16.6 Å². The van der Waals surface area contributed by atoms with E-state index in [-0.39, 0.29) is 0 Å². The molecule has 0 aromatic carbocycles. The Morgan fingerprint density at radius 1 is 1.33 bits per heavy atom. The van der Waals surface area contributed by atoms with Gasteiger partial charge in [-0.05, 0) is 18.6 Å². The Balaban J connectivity index is 0.000000265. The molecule has 0 radical (unpaired) electrons. The van der Waals surface area contributed by atoms with E-state index in [1.165, 1.54) is 0 Å². The lowest BCUT2D eigenvalue weighted by atomic mass is 10.3. The molecule has 0 amide bonds. The number of ether oxygens (including phenoxy) is 1. The third kappa shape index (κ3) is 9.21. The third-order valence-electron chi connectivity index (χ3n) is 1.40. The van der Waals surface area contributed by atoms with Crippen LogP contribution in [0.1, 0.15) is 12.6 Å². The summed E-state index contributed by atoms with van der Waals surface area (Å²) in [6.45, 7) is 0.940. The minimum Gasteiger partial charge on any atom is -0.375 e. The van der Waals surface area contributed by atoms with Gasteiger partial charge in [-0.15, -0.1) is 0 Å². The summed E-state index contributed by atoms with van der Waals surface area (Å²) in [6, 6.07) is 5.96. The maximum atomic E-state index is 10.9. The van der Waals surface area contributed by atoms with Crippen molar-refractivity contribution in [3.05, 3.63) is 30.1 Å². The second-order valence-corrected chi connectivity index (χ2v) is 2.72. The van der Waals surface area contributed by atoms with Gasteiger partial charge in [-0.1, -0.05) is 13.0 Å². The van der Waals surface area contributed by atoms with Crippen LogP contribution < -0.4 is 0 Å². The molecule has 0 atom stereocenters. The standard InChI is InChI=1S/C7H9N.C3H5F3O/c1-2-7-5-3-4-6-8-7;1-7-2-3(4,5)6/h3-6H,2H2,1H3;2H2,1H3. The van der Waals surface area contributed by atoms with Crippen molar-refractivity contribution in [2.75, 3.05) is 13.7 Å². The molecule has 15 heavy (non-hydrogen) atoms. The van der Waals surface area contributed by atoms with Crippen molar-refractivity contribution in [2.24, 2.45) is 0 Å². The van der Waals surface area contributed by atoms with E-state index in [1.54, 1.807) is 0 Å². The summed E-state index contributed by atoms with van der Waals surface area (Å²) >= 11 is 0. The number of pyridine rings is 1. The number of alkyl halides is 3. The van der Waals surface area contributed by atoms with Gasteiger partial charge in [0.2, 0.25) is 0 Å². The molecule has 5 heteroatoms. The van der Waals surface area contributed by atoms with Crippen molar-refractivity contribution in [2.45, 2.75) is 19.5 Å². The molecule has 86 valence electrons. The van der Waals surface area contributed by atoms with Crippen LogP contribution in [0.4, 0.5) is 13.2 Å². The van der Waals surface area contributed by atoms with E-state index >= 15 is 0 Å². The molecule has 1 aromatic rings. The van der Waals surface area contributed by atoms with Crippen LogP contribution in [-0.4, -0.2) is 24.9 Å². The first-order valence-corrected chi connectivity index (χ1v) is 4.45. The first kappa shape index (κ1) is 13.9. The molecule has 0 aliphatic heterocycles. The number of rotatable bonds is 2. The molecule has 0 bridgehead atoms. The van der Waals surface area contributed by atoms with Gasteiger partial charge >= 0.3 is 6.18 Å². The summed E-state index contributed by atoms with van der Waals surface area (Å²) in [6.07, 6.45) is -1.32. The van der Waals surface area contributed by atoms with Gasteiger partial charge in [0, 0.05) is 19.0 Å². The molecule has 1 rings (SSSR count). The summed E-state index contributed by atoms with van der Waals surface area (Å²) in [4.78, 5) is 4.10. The normalized spacial score (nSPS) is 10.5. The Labute approximate surface area is 87.1 Å². The zero-order valence-corrected chi connectivity index (χ0v) is 8.71. The number of hydrogen-bond donors (Lipinski definition) is 0. The third-order valence-corrected chi connectivity index (χ3v) is 1.40. The fraction of sp³-hybridized carbons (Fsp3) is 0.500. The summed E-state index contributed by atoms with van der Waals surface area (Å²) in [5.41, 5.74) is 1.16. The van der Waals surface area contributed by atoms with Crippen LogP contribution in [0.2, 0.25) is 0 Å². The average Bonchev–Trinajstić information content (AvgIpc) is 2.18. The molecule has 0 N–H and O–H groups in total. The number of methoxy groups -OCH3 is 1. The largest absolute Gasteiger partial charge is 0.411 e. The highest BCUT2D eigenvalue weighted by molar-refractivity contribution is 5.02. The van der Waals surface area contributed by atoms with E-state index in [9.17, 15) is 13.2 Å². The molecular formula is C10H14F3NO. The van der Waals surface area contributed by atoms with Crippen LogP contribution in [0.15, 0.2) is 24.4 Å². The lowest BCUT2D eigenvalue weighted by Crippen LogP contribution is -2.14. The molecule has 1 heterocycles. The molecule has 2 nitrogen and oxygen atoms in total. The second-order valence-electron chi connectivity index (χ2n) is 2.72. The fourth-order valence-corrected chi connectivity index (χ4v) is 0.771. The smallest absolute Gasteiger partial charge is 0.375 e. The van der Waals surface area contributed by atoms with E-state index in [1.807, 2.05) is 24.4 Å². The van der Waals surface area contributed by atoms with E-state index in [4.69, 9.17) is 0 Å². The lowest BCUT2D eigenvalue weighted by molar-refractivity contribution is -0.167. The lowest BCUT2D eigenvalue weighted by Gasteiger charge is -2.01. The Morgan fingerprint density at radius 3 is 2.20 bits per heavy atom. The minimum absolute atomic E-state index is 1.01. The van der Waals surface area contributed by atoms with Gasteiger partial charge in [0.15, 0.2) is 0 Å². The average molecular weight is 221 g/mol. The fourth-order valence-electron chi connectivity index (χ4n) is 0.771. The number of aromatic nitrogens is 1. The van der Waals surface area contributed by atoms with E-state index in [0.29, 0.717) is 0 Å². The van der Waals surface area contributed by atoms with Crippen molar-refractivity contribution < 1.29 is 17.9 Å². The number of hydrogen-bond acceptors (Lipinski definition) is 2. The molecule has 0 spiro atoms. The van der Waals surface area contributed by atoms with Gasteiger partial charge in [-0.3, -0.25) is 4.98 Å². The number of halogens is 3. The molecule has 0 unspecified atom stereocenters. The maximum Gasteiger partial charge on any atom is 0.411 e. The van der Waals surface area contributed by atoms with Crippen LogP contribution in [-0.2, 0) is 11.2 Å². The number of aryl methyl sites for hydroxylation is 1. The summed E-state index contributed by atoms with van der Waals surface area (Å²) in [5, 5.41) is 0. The van der Waals surface area contributed by atoms with Gasteiger partial charge in [-0.2, -0.15) is 13.2 Å². The zero-order valence-electron chi connectivity index (χ0n) is 8.71. The van der Waals surface area contributed by atoms with Crippen molar-refractivity contribution in [3.63, 3.8) is 0 Å². The van der Waals surface area contributed by atoms with Crippen molar-refractivity contribution in [3.8, 4) is 0 Å². The molecule has 1 aromatic heterocycles. The highest BCUT2D eigenvalue weighted by Gasteiger charge is 2.26. The van der Waals surface area contributed by atoms with E-state index in [0.717, 1.165) is 19.2 Å². The maximum absolute atomic E-state index is 10.9. The first-order chi connectivity index (χ1) is 6.99. The van der Waals surface area contributed by atoms with Gasteiger partial charge in [0.25, 0.3) is 0 Å². The van der Waals surface area contributed by atoms with Crippen molar-refractivity contribution >= 4 is 0 Å². The van der Waals surface area contributed by atoms with Crippen LogP contribution in [0.3, 0.4) is 0 Å². The highest BCUT2D eigenvalue weighted by Crippen LogP contribution is 2.13. The predicted octanol–water partition coefficient (Wildman–Crippen LogP) is 2.84. The molecular weight excluding hydrogens is 207 g/mol. The Bertz CT molecular complexity index is 249. The van der Waals surface area contributed by atoms with Gasteiger partial charge in [-0.25, -0.2) is 0 Å². The zero-order chi connectivity index (χ0) is 11.7. The summed E-state index contributed by atoms with van der Waals surface area (Å²) < 4.78 is 36.6. The molecule has 0 aliphatic rings. The molecule has 0 aliphatic carbocycles.